The van der Waals surface area contributed by atoms with Crippen LogP contribution in [0.25, 0.3) is 0 Å². The first-order valence-electron chi connectivity index (χ1n) is 36.3. The third-order valence-electron chi connectivity index (χ3n) is 17.1. The molecule has 0 saturated heterocycles. The Bertz CT molecular complexity index is 1250. The van der Waals surface area contributed by atoms with Gasteiger partial charge in [-0.05, 0) is 51.4 Å². The van der Waals surface area contributed by atoms with E-state index in [1.807, 2.05) is 0 Å². The normalized spacial score (nSPS) is 12.9. The molecule has 79 heavy (non-hydrogen) atoms. The SMILES string of the molecule is CC/C=C\C/C=C\C/C=C\C/C=C\CCCCCCCCCCCCCCCCCCCCCCCCCCCCCCC(=O)NC(CO)C(O)CCCCCCCCCCCCCCCCCCCCCCCCCCCC. The van der Waals surface area contributed by atoms with Crippen LogP contribution in [0.15, 0.2) is 48.6 Å². The van der Waals surface area contributed by atoms with E-state index in [1.54, 1.807) is 0 Å². The van der Waals surface area contributed by atoms with Crippen LogP contribution in [0.4, 0.5) is 0 Å². The van der Waals surface area contributed by atoms with Gasteiger partial charge in [-0.15, -0.1) is 0 Å². The summed E-state index contributed by atoms with van der Waals surface area (Å²) in [5, 5.41) is 23.5. The summed E-state index contributed by atoms with van der Waals surface area (Å²) in [4.78, 5) is 12.6. The molecule has 4 nitrogen and oxygen atoms in total. The van der Waals surface area contributed by atoms with Crippen LogP contribution in [0.5, 0.6) is 0 Å². The Kier molecular flexibility index (Phi) is 69.1. The molecule has 0 spiro atoms. The minimum atomic E-state index is -0.659. The number of nitrogens with one attached hydrogen (secondary N) is 1. The molecule has 0 aliphatic carbocycles. The summed E-state index contributed by atoms with van der Waals surface area (Å²) in [6, 6.07) is -0.536. The van der Waals surface area contributed by atoms with Crippen molar-refractivity contribution in [2.24, 2.45) is 0 Å². The van der Waals surface area contributed by atoms with E-state index < -0.39 is 12.1 Å². The van der Waals surface area contributed by atoms with Gasteiger partial charge >= 0.3 is 0 Å². The van der Waals surface area contributed by atoms with Gasteiger partial charge in [-0.1, -0.05) is 396 Å². The summed E-state index contributed by atoms with van der Waals surface area (Å²) >= 11 is 0. The van der Waals surface area contributed by atoms with Crippen LogP contribution >= 0.6 is 0 Å². The van der Waals surface area contributed by atoms with Crippen LogP contribution in [0.1, 0.15) is 406 Å². The van der Waals surface area contributed by atoms with Crippen molar-refractivity contribution in [1.29, 1.82) is 0 Å². The third kappa shape index (κ3) is 67.0. The average Bonchev–Trinajstić information content (AvgIpc) is 3.45. The lowest BCUT2D eigenvalue weighted by Crippen LogP contribution is -2.45. The van der Waals surface area contributed by atoms with Crippen molar-refractivity contribution >= 4 is 5.91 Å². The van der Waals surface area contributed by atoms with Gasteiger partial charge in [0.2, 0.25) is 5.91 Å². The summed E-state index contributed by atoms with van der Waals surface area (Å²) in [7, 11) is 0. The highest BCUT2D eigenvalue weighted by molar-refractivity contribution is 5.76. The number of rotatable bonds is 68. The third-order valence-corrected chi connectivity index (χ3v) is 17.1. The molecule has 0 heterocycles. The summed E-state index contributed by atoms with van der Waals surface area (Å²) < 4.78 is 0. The molecule has 1 amide bonds. The number of allylic oxidation sites excluding steroid dienone is 8. The first-order valence-corrected chi connectivity index (χ1v) is 36.3. The fourth-order valence-corrected chi connectivity index (χ4v) is 11.7. The molecule has 0 bridgehead atoms. The molecular weight excluding hydrogens is 963 g/mol. The monoisotopic (exact) mass is 1110 g/mol. The van der Waals surface area contributed by atoms with E-state index >= 15 is 0 Å². The van der Waals surface area contributed by atoms with Crippen LogP contribution in [-0.4, -0.2) is 34.9 Å². The Morgan fingerprint density at radius 1 is 0.316 bits per heavy atom. The molecule has 4 heteroatoms. The fourth-order valence-electron chi connectivity index (χ4n) is 11.7. The molecule has 3 N–H and O–H groups in total. The molecule has 2 unspecified atom stereocenters. The second-order valence-electron chi connectivity index (χ2n) is 25.0. The highest BCUT2D eigenvalue weighted by atomic mass is 16.3. The summed E-state index contributed by atoms with van der Waals surface area (Å²) in [5.41, 5.74) is 0. The van der Waals surface area contributed by atoms with E-state index in [-0.39, 0.29) is 12.5 Å². The lowest BCUT2D eigenvalue weighted by molar-refractivity contribution is -0.123. The van der Waals surface area contributed by atoms with Gasteiger partial charge in [0.1, 0.15) is 0 Å². The maximum Gasteiger partial charge on any atom is 0.220 e. The highest BCUT2D eigenvalue weighted by Crippen LogP contribution is 2.20. The zero-order chi connectivity index (χ0) is 56.9. The van der Waals surface area contributed by atoms with Crippen molar-refractivity contribution in [2.45, 2.75) is 418 Å². The van der Waals surface area contributed by atoms with Crippen molar-refractivity contribution in [3.63, 3.8) is 0 Å². The first-order chi connectivity index (χ1) is 39.2. The van der Waals surface area contributed by atoms with Gasteiger partial charge in [0, 0.05) is 6.42 Å². The molecule has 0 aromatic heterocycles. The number of aliphatic hydroxyl groups is 2. The highest BCUT2D eigenvalue weighted by Gasteiger charge is 2.20. The largest absolute Gasteiger partial charge is 0.394 e. The van der Waals surface area contributed by atoms with Crippen LogP contribution < -0.4 is 5.32 Å². The molecule has 2 atom stereocenters. The minimum Gasteiger partial charge on any atom is -0.394 e. The van der Waals surface area contributed by atoms with Gasteiger partial charge < -0.3 is 15.5 Å². The molecule has 0 aromatic rings. The maximum atomic E-state index is 12.6. The summed E-state index contributed by atoms with van der Waals surface area (Å²) in [6.45, 7) is 4.29. The lowest BCUT2D eigenvalue weighted by Gasteiger charge is -2.22. The Balaban J connectivity index is 3.36. The van der Waals surface area contributed by atoms with Gasteiger partial charge in [-0.25, -0.2) is 0 Å². The maximum absolute atomic E-state index is 12.6. The molecule has 0 radical (unpaired) electrons. The van der Waals surface area contributed by atoms with Crippen LogP contribution in [0.2, 0.25) is 0 Å². The van der Waals surface area contributed by atoms with E-state index in [4.69, 9.17) is 0 Å². The second kappa shape index (κ2) is 70.6. The molecule has 466 valence electrons. The van der Waals surface area contributed by atoms with Gasteiger partial charge in [-0.3, -0.25) is 4.79 Å². The quantitative estimate of drug-likeness (QED) is 0.0420. The number of hydrogen-bond donors (Lipinski definition) is 3. The number of unbranched alkanes of at least 4 members (excludes halogenated alkanes) is 53. The van der Waals surface area contributed by atoms with Gasteiger partial charge in [0.15, 0.2) is 0 Å². The fraction of sp³-hybridized carbons (Fsp3) is 0.880. The van der Waals surface area contributed by atoms with E-state index in [9.17, 15) is 15.0 Å². The van der Waals surface area contributed by atoms with Crippen LogP contribution in [0.3, 0.4) is 0 Å². The van der Waals surface area contributed by atoms with Gasteiger partial charge in [-0.2, -0.15) is 0 Å². The number of hydrogen-bond acceptors (Lipinski definition) is 3. The molecule has 0 aliphatic rings. The van der Waals surface area contributed by atoms with E-state index in [0.29, 0.717) is 12.8 Å². The van der Waals surface area contributed by atoms with E-state index in [0.717, 1.165) is 51.4 Å². The molecule has 0 aromatic carbocycles. The summed E-state index contributed by atoms with van der Waals surface area (Å²) in [6.07, 6.45) is 99.0. The van der Waals surface area contributed by atoms with Gasteiger partial charge in [0.05, 0.1) is 18.8 Å². The zero-order valence-corrected chi connectivity index (χ0v) is 53.9. The second-order valence-corrected chi connectivity index (χ2v) is 25.0. The van der Waals surface area contributed by atoms with Crippen LogP contribution in [-0.2, 0) is 4.79 Å². The lowest BCUT2D eigenvalue weighted by atomic mass is 10.0. The molecule has 0 fully saturated rings. The number of carbonyl (C=O) groups excluding carboxylic acids is 1. The van der Waals surface area contributed by atoms with Gasteiger partial charge in [0.25, 0.3) is 0 Å². The standard InChI is InChI=1S/C75H143NO3/c1-3-5-7-9-11-13-15-17-19-21-23-25-27-29-31-32-33-34-35-36-37-38-39-40-41-42-43-44-45-47-49-51-53-55-57-59-61-63-65-67-69-71-75(79)76-73(72-77)74(78)70-68-66-64-62-60-58-56-54-52-50-48-46-30-28-26-24-22-20-18-16-14-12-10-8-6-4-2/h5,7,11,13,17,19,23,25,73-74,77-78H,3-4,6,8-10,12,14-16,18,20-22,24,26-72H2,1-2H3,(H,76,79)/b7-5-,13-11-,19-17-,25-23-. The van der Waals surface area contributed by atoms with Crippen molar-refractivity contribution < 1.29 is 15.0 Å². The van der Waals surface area contributed by atoms with E-state index in [2.05, 4.69) is 67.8 Å². The first kappa shape index (κ1) is 77.3. The molecule has 0 rings (SSSR count). The van der Waals surface area contributed by atoms with Crippen molar-refractivity contribution in [1.82, 2.24) is 5.32 Å². The van der Waals surface area contributed by atoms with Crippen molar-refractivity contribution in [3.8, 4) is 0 Å². The minimum absolute atomic E-state index is 0.0216. The van der Waals surface area contributed by atoms with Crippen molar-refractivity contribution in [3.05, 3.63) is 48.6 Å². The molecule has 0 saturated carbocycles. The predicted octanol–water partition coefficient (Wildman–Crippen LogP) is 24.9. The Labute approximate surface area is 496 Å². The number of aliphatic hydroxyl groups excluding tert-OH is 2. The predicted molar refractivity (Wildman–Crippen MR) is 355 cm³/mol. The Morgan fingerprint density at radius 3 is 0.835 bits per heavy atom. The average molecular weight is 1110 g/mol. The molecule has 0 aliphatic heterocycles. The smallest absolute Gasteiger partial charge is 0.220 e. The summed E-state index contributed by atoms with van der Waals surface area (Å²) in [5.74, 6) is -0.0216. The molecular formula is C75H143NO3. The van der Waals surface area contributed by atoms with E-state index in [1.165, 1.54) is 327 Å². The number of carbonyl (C=O) groups is 1. The van der Waals surface area contributed by atoms with Crippen LogP contribution in [0, 0.1) is 0 Å². The Hall–Kier alpha value is -1.65. The van der Waals surface area contributed by atoms with Crippen molar-refractivity contribution in [2.75, 3.05) is 6.61 Å². The zero-order valence-electron chi connectivity index (χ0n) is 53.9. The Morgan fingerprint density at radius 2 is 0.557 bits per heavy atom. The number of amides is 1. The topological polar surface area (TPSA) is 69.6 Å².